The molecule has 1 aromatic heterocycles. The standard InChI is InChI=1S/C22H25N3OS/c1-4-25(5-2)22(26)23-14-17-8-12-19(13-9-17)21-24-20(15-27-21)18-10-6-16(3)7-11-18/h6-13,15H,4-5,14H2,1-3H3,(H,23,26). The number of benzene rings is 2. The third-order valence-electron chi connectivity index (χ3n) is 4.55. The van der Waals surface area contributed by atoms with Crippen LogP contribution in [0.3, 0.4) is 0 Å². The molecule has 2 aromatic carbocycles. The topological polar surface area (TPSA) is 45.2 Å². The Bertz CT molecular complexity index is 881. The highest BCUT2D eigenvalue weighted by molar-refractivity contribution is 7.13. The Hall–Kier alpha value is -2.66. The van der Waals surface area contributed by atoms with Crippen LogP contribution in [0, 0.1) is 6.92 Å². The van der Waals surface area contributed by atoms with Gasteiger partial charge in [0.05, 0.1) is 5.69 Å². The van der Waals surface area contributed by atoms with E-state index in [1.807, 2.05) is 26.0 Å². The van der Waals surface area contributed by atoms with Gasteiger partial charge in [0.25, 0.3) is 0 Å². The van der Waals surface area contributed by atoms with Gasteiger partial charge in [-0.2, -0.15) is 0 Å². The van der Waals surface area contributed by atoms with Crippen LogP contribution < -0.4 is 5.32 Å². The summed E-state index contributed by atoms with van der Waals surface area (Å²) in [6, 6.07) is 16.6. The lowest BCUT2D eigenvalue weighted by Crippen LogP contribution is -2.39. The van der Waals surface area contributed by atoms with Gasteiger partial charge in [-0.3, -0.25) is 0 Å². The molecule has 0 radical (unpaired) electrons. The zero-order valence-corrected chi connectivity index (χ0v) is 16.8. The quantitative estimate of drug-likeness (QED) is 0.628. The molecule has 5 heteroatoms. The molecule has 3 aromatic rings. The third kappa shape index (κ3) is 4.74. The molecule has 0 fully saturated rings. The van der Waals surface area contributed by atoms with Gasteiger partial charge in [-0.1, -0.05) is 54.1 Å². The van der Waals surface area contributed by atoms with E-state index >= 15 is 0 Å². The number of hydrogen-bond donors (Lipinski definition) is 1. The van der Waals surface area contributed by atoms with Crippen LogP contribution in [0.2, 0.25) is 0 Å². The number of nitrogens with zero attached hydrogens (tertiary/aromatic N) is 2. The SMILES string of the molecule is CCN(CC)C(=O)NCc1ccc(-c2nc(-c3ccc(C)cc3)cs2)cc1. The lowest BCUT2D eigenvalue weighted by molar-refractivity contribution is 0.203. The van der Waals surface area contributed by atoms with Crippen molar-refractivity contribution in [2.24, 2.45) is 0 Å². The molecule has 0 saturated carbocycles. The molecule has 3 rings (SSSR count). The van der Waals surface area contributed by atoms with Crippen molar-refractivity contribution in [2.45, 2.75) is 27.3 Å². The summed E-state index contributed by atoms with van der Waals surface area (Å²) in [5.74, 6) is 0. The summed E-state index contributed by atoms with van der Waals surface area (Å²) in [5.41, 5.74) is 5.56. The lowest BCUT2D eigenvalue weighted by Gasteiger charge is -2.19. The van der Waals surface area contributed by atoms with Crippen molar-refractivity contribution in [1.82, 2.24) is 15.2 Å². The predicted octanol–water partition coefficient (Wildman–Crippen LogP) is 5.34. The number of carbonyl (C=O) groups is 1. The normalized spacial score (nSPS) is 10.6. The van der Waals surface area contributed by atoms with Gasteiger partial charge < -0.3 is 10.2 Å². The Morgan fingerprint density at radius 2 is 1.63 bits per heavy atom. The number of rotatable bonds is 6. The molecule has 0 unspecified atom stereocenters. The highest BCUT2D eigenvalue weighted by atomic mass is 32.1. The van der Waals surface area contributed by atoms with Crippen molar-refractivity contribution in [3.8, 4) is 21.8 Å². The fourth-order valence-electron chi connectivity index (χ4n) is 2.83. The van der Waals surface area contributed by atoms with Crippen LogP contribution in [0.15, 0.2) is 53.9 Å². The first kappa shape index (κ1) is 19.1. The first-order chi connectivity index (χ1) is 13.1. The minimum atomic E-state index is -0.0215. The summed E-state index contributed by atoms with van der Waals surface area (Å²) in [7, 11) is 0. The average Bonchev–Trinajstić information content (AvgIpc) is 3.18. The highest BCUT2D eigenvalue weighted by Crippen LogP contribution is 2.29. The summed E-state index contributed by atoms with van der Waals surface area (Å²) in [6.45, 7) is 8.02. The number of carbonyl (C=O) groups excluding carboxylic acids is 1. The second-order valence-corrected chi connectivity index (χ2v) is 7.29. The van der Waals surface area contributed by atoms with Gasteiger partial charge in [-0.25, -0.2) is 9.78 Å². The lowest BCUT2D eigenvalue weighted by atomic mass is 10.1. The van der Waals surface area contributed by atoms with Gasteiger partial charge in [0, 0.05) is 36.1 Å². The fourth-order valence-corrected chi connectivity index (χ4v) is 3.66. The predicted molar refractivity (Wildman–Crippen MR) is 113 cm³/mol. The maximum atomic E-state index is 12.0. The van der Waals surface area contributed by atoms with Crippen LogP contribution in [-0.2, 0) is 6.54 Å². The highest BCUT2D eigenvalue weighted by Gasteiger charge is 2.09. The van der Waals surface area contributed by atoms with E-state index in [-0.39, 0.29) is 6.03 Å². The molecule has 1 heterocycles. The van der Waals surface area contributed by atoms with E-state index in [0.29, 0.717) is 19.6 Å². The fraction of sp³-hybridized carbons (Fsp3) is 0.273. The van der Waals surface area contributed by atoms with E-state index in [2.05, 4.69) is 54.0 Å². The van der Waals surface area contributed by atoms with Crippen LogP contribution in [-0.4, -0.2) is 29.0 Å². The summed E-state index contributed by atoms with van der Waals surface area (Å²) >= 11 is 1.65. The van der Waals surface area contributed by atoms with Gasteiger partial charge >= 0.3 is 6.03 Å². The van der Waals surface area contributed by atoms with Gasteiger partial charge in [0.15, 0.2) is 0 Å². The van der Waals surface area contributed by atoms with Crippen LogP contribution in [0.25, 0.3) is 21.8 Å². The van der Waals surface area contributed by atoms with E-state index < -0.39 is 0 Å². The monoisotopic (exact) mass is 379 g/mol. The van der Waals surface area contributed by atoms with Crippen LogP contribution in [0.1, 0.15) is 25.0 Å². The number of amides is 2. The molecule has 0 aliphatic rings. The average molecular weight is 380 g/mol. The number of thiazole rings is 1. The maximum absolute atomic E-state index is 12.0. The van der Waals surface area contributed by atoms with Crippen LogP contribution in [0.5, 0.6) is 0 Å². The number of urea groups is 1. The minimum absolute atomic E-state index is 0.0215. The van der Waals surface area contributed by atoms with Crippen molar-refractivity contribution in [2.75, 3.05) is 13.1 Å². The van der Waals surface area contributed by atoms with Crippen LogP contribution in [0.4, 0.5) is 4.79 Å². The van der Waals surface area contributed by atoms with Crippen molar-refractivity contribution in [1.29, 1.82) is 0 Å². The third-order valence-corrected chi connectivity index (χ3v) is 5.44. The second-order valence-electron chi connectivity index (χ2n) is 6.43. The second kappa shape index (κ2) is 8.82. The summed E-state index contributed by atoms with van der Waals surface area (Å²) in [5, 5.41) is 6.06. The minimum Gasteiger partial charge on any atom is -0.334 e. The van der Waals surface area contributed by atoms with Gasteiger partial charge in [0.1, 0.15) is 5.01 Å². The Labute approximate surface area is 164 Å². The Kier molecular flexibility index (Phi) is 6.24. The van der Waals surface area contributed by atoms with Crippen molar-refractivity contribution < 1.29 is 4.79 Å². The number of nitrogens with one attached hydrogen (secondary N) is 1. The van der Waals surface area contributed by atoms with E-state index in [1.165, 1.54) is 5.56 Å². The van der Waals surface area contributed by atoms with E-state index in [0.717, 1.165) is 27.4 Å². The molecular formula is C22H25N3OS. The summed E-state index contributed by atoms with van der Waals surface area (Å²) in [6.07, 6.45) is 0. The molecule has 4 nitrogen and oxygen atoms in total. The Morgan fingerprint density at radius 1 is 1.00 bits per heavy atom. The number of hydrogen-bond acceptors (Lipinski definition) is 3. The first-order valence-electron chi connectivity index (χ1n) is 9.25. The van der Waals surface area contributed by atoms with Crippen molar-refractivity contribution in [3.63, 3.8) is 0 Å². The Balaban J connectivity index is 1.65. The molecule has 140 valence electrons. The Morgan fingerprint density at radius 3 is 2.26 bits per heavy atom. The van der Waals surface area contributed by atoms with Gasteiger partial charge in [0.2, 0.25) is 0 Å². The number of aryl methyl sites for hydroxylation is 1. The van der Waals surface area contributed by atoms with Crippen LogP contribution >= 0.6 is 11.3 Å². The first-order valence-corrected chi connectivity index (χ1v) is 10.1. The zero-order valence-electron chi connectivity index (χ0n) is 16.0. The van der Waals surface area contributed by atoms with Crippen molar-refractivity contribution >= 4 is 17.4 Å². The molecule has 0 atom stereocenters. The molecule has 0 saturated heterocycles. The summed E-state index contributed by atoms with van der Waals surface area (Å²) < 4.78 is 0. The largest absolute Gasteiger partial charge is 0.334 e. The maximum Gasteiger partial charge on any atom is 0.317 e. The zero-order chi connectivity index (χ0) is 19.2. The van der Waals surface area contributed by atoms with E-state index in [9.17, 15) is 4.79 Å². The molecular weight excluding hydrogens is 354 g/mol. The smallest absolute Gasteiger partial charge is 0.317 e. The van der Waals surface area contributed by atoms with Gasteiger partial charge in [-0.05, 0) is 26.3 Å². The molecule has 0 spiro atoms. The van der Waals surface area contributed by atoms with Crippen molar-refractivity contribution in [3.05, 3.63) is 65.0 Å². The number of aromatic nitrogens is 1. The molecule has 1 N–H and O–H groups in total. The molecule has 2 amide bonds. The molecule has 0 aliphatic carbocycles. The van der Waals surface area contributed by atoms with Gasteiger partial charge in [-0.15, -0.1) is 11.3 Å². The summed E-state index contributed by atoms with van der Waals surface area (Å²) in [4.78, 5) is 18.6. The molecule has 0 bridgehead atoms. The molecule has 27 heavy (non-hydrogen) atoms. The van der Waals surface area contributed by atoms with E-state index in [1.54, 1.807) is 16.2 Å². The van der Waals surface area contributed by atoms with E-state index in [4.69, 9.17) is 4.98 Å². The molecule has 0 aliphatic heterocycles.